The van der Waals surface area contributed by atoms with Crippen molar-refractivity contribution in [1.82, 2.24) is 5.32 Å². The molecule has 0 aromatic rings. The van der Waals surface area contributed by atoms with Gasteiger partial charge in [0.2, 0.25) is 5.91 Å². The minimum absolute atomic E-state index is 0.0603. The van der Waals surface area contributed by atoms with Crippen molar-refractivity contribution in [2.75, 3.05) is 12.0 Å². The summed E-state index contributed by atoms with van der Waals surface area (Å²) >= 11 is 1.73. The fourth-order valence-corrected chi connectivity index (χ4v) is 2.45. The van der Waals surface area contributed by atoms with Crippen LogP contribution in [-0.2, 0) is 9.59 Å². The van der Waals surface area contributed by atoms with Crippen molar-refractivity contribution < 1.29 is 14.7 Å². The Morgan fingerprint density at radius 3 is 2.75 bits per heavy atom. The average molecular weight is 245 g/mol. The lowest BCUT2D eigenvalue weighted by molar-refractivity contribution is -0.141. The average Bonchev–Trinajstić information content (AvgIpc) is 2.66. The Labute approximate surface area is 100 Å². The Kier molecular flexibility index (Phi) is 5.66. The van der Waals surface area contributed by atoms with E-state index in [9.17, 15) is 9.59 Å². The highest BCUT2D eigenvalue weighted by atomic mass is 32.2. The lowest BCUT2D eigenvalue weighted by atomic mass is 10.1. The van der Waals surface area contributed by atoms with Gasteiger partial charge in [-0.3, -0.25) is 9.59 Å². The number of thioether (sulfide) groups is 1. The smallest absolute Gasteiger partial charge is 0.306 e. The van der Waals surface area contributed by atoms with Crippen molar-refractivity contribution in [3.63, 3.8) is 0 Å². The molecule has 0 unspecified atom stereocenters. The fraction of sp³-hybridized carbons (Fsp3) is 0.818. The van der Waals surface area contributed by atoms with Gasteiger partial charge in [-0.1, -0.05) is 0 Å². The van der Waals surface area contributed by atoms with Gasteiger partial charge in [0, 0.05) is 12.5 Å². The number of hydrogen-bond acceptors (Lipinski definition) is 3. The minimum Gasteiger partial charge on any atom is -0.481 e. The van der Waals surface area contributed by atoms with Crippen LogP contribution in [0.1, 0.15) is 32.1 Å². The van der Waals surface area contributed by atoms with E-state index in [-0.39, 0.29) is 17.9 Å². The van der Waals surface area contributed by atoms with E-state index in [1.54, 1.807) is 11.8 Å². The highest BCUT2D eigenvalue weighted by Gasteiger charge is 2.30. The standard InChI is InChI=1S/C11H19NO3S/c1-16-6-2-3-10(13)12-9-5-4-8(7-9)11(14)15/h8-9H,2-7H2,1H3,(H,12,13)(H,14,15)/t8-,9+/m1/s1. The van der Waals surface area contributed by atoms with Gasteiger partial charge < -0.3 is 10.4 Å². The Balaban J connectivity index is 2.18. The van der Waals surface area contributed by atoms with Gasteiger partial charge in [-0.25, -0.2) is 0 Å². The molecular formula is C11H19NO3S. The van der Waals surface area contributed by atoms with Crippen LogP contribution in [0.25, 0.3) is 0 Å². The van der Waals surface area contributed by atoms with E-state index in [4.69, 9.17) is 5.11 Å². The van der Waals surface area contributed by atoms with Crippen LogP contribution in [-0.4, -0.2) is 35.0 Å². The van der Waals surface area contributed by atoms with Crippen LogP contribution >= 0.6 is 11.8 Å². The van der Waals surface area contributed by atoms with E-state index in [1.807, 2.05) is 6.26 Å². The van der Waals surface area contributed by atoms with E-state index < -0.39 is 5.97 Å². The zero-order valence-electron chi connectivity index (χ0n) is 9.57. The molecule has 0 bridgehead atoms. The monoisotopic (exact) mass is 245 g/mol. The molecule has 0 aromatic carbocycles. The molecule has 5 heteroatoms. The topological polar surface area (TPSA) is 66.4 Å². The third-order valence-corrected chi connectivity index (χ3v) is 3.60. The first-order valence-electron chi connectivity index (χ1n) is 5.64. The molecule has 1 saturated carbocycles. The van der Waals surface area contributed by atoms with Crippen molar-refractivity contribution in [2.45, 2.75) is 38.1 Å². The SMILES string of the molecule is CSCCCC(=O)N[C@H]1CC[C@@H](C(=O)O)C1. The summed E-state index contributed by atoms with van der Waals surface area (Å²) in [6.45, 7) is 0. The summed E-state index contributed by atoms with van der Waals surface area (Å²) in [6.07, 6.45) is 5.53. The van der Waals surface area contributed by atoms with Crippen molar-refractivity contribution in [2.24, 2.45) is 5.92 Å². The highest BCUT2D eigenvalue weighted by molar-refractivity contribution is 7.98. The van der Waals surface area contributed by atoms with E-state index in [0.29, 0.717) is 19.3 Å². The number of carboxylic acids is 1. The largest absolute Gasteiger partial charge is 0.481 e. The number of carboxylic acid groups (broad SMARTS) is 1. The van der Waals surface area contributed by atoms with Crippen LogP contribution in [0.2, 0.25) is 0 Å². The van der Waals surface area contributed by atoms with Gasteiger partial charge in [0.15, 0.2) is 0 Å². The highest BCUT2D eigenvalue weighted by Crippen LogP contribution is 2.25. The molecule has 4 nitrogen and oxygen atoms in total. The van der Waals surface area contributed by atoms with Crippen LogP contribution < -0.4 is 5.32 Å². The number of aliphatic carboxylic acids is 1. The molecule has 92 valence electrons. The molecule has 0 aliphatic heterocycles. The van der Waals surface area contributed by atoms with E-state index in [2.05, 4.69) is 5.32 Å². The third-order valence-electron chi connectivity index (χ3n) is 2.90. The quantitative estimate of drug-likeness (QED) is 0.696. The summed E-state index contributed by atoms with van der Waals surface area (Å²) in [5.41, 5.74) is 0. The lowest BCUT2D eigenvalue weighted by Gasteiger charge is -2.12. The Bertz CT molecular complexity index is 258. The van der Waals surface area contributed by atoms with Gasteiger partial charge in [0.1, 0.15) is 0 Å². The maximum absolute atomic E-state index is 11.5. The molecule has 0 heterocycles. The van der Waals surface area contributed by atoms with Gasteiger partial charge >= 0.3 is 5.97 Å². The molecule has 1 aliphatic rings. The lowest BCUT2D eigenvalue weighted by Crippen LogP contribution is -2.33. The summed E-state index contributed by atoms with van der Waals surface area (Å²) in [7, 11) is 0. The van der Waals surface area contributed by atoms with Gasteiger partial charge in [-0.15, -0.1) is 0 Å². The third kappa shape index (κ3) is 4.43. The summed E-state index contributed by atoms with van der Waals surface area (Å²) in [5, 5.41) is 11.7. The second kappa shape index (κ2) is 6.78. The predicted molar refractivity (Wildman–Crippen MR) is 64.5 cm³/mol. The van der Waals surface area contributed by atoms with E-state index in [1.165, 1.54) is 0 Å². The van der Waals surface area contributed by atoms with Crippen molar-refractivity contribution in [3.05, 3.63) is 0 Å². The number of carbonyl (C=O) groups is 2. The Morgan fingerprint density at radius 2 is 2.19 bits per heavy atom. The van der Waals surface area contributed by atoms with Gasteiger partial charge in [-0.05, 0) is 37.7 Å². The number of carbonyl (C=O) groups excluding carboxylic acids is 1. The number of amides is 1. The summed E-state index contributed by atoms with van der Waals surface area (Å²) in [5.74, 6) is 0.0521. The molecular weight excluding hydrogens is 226 g/mol. The van der Waals surface area contributed by atoms with Gasteiger partial charge in [0.05, 0.1) is 5.92 Å². The zero-order chi connectivity index (χ0) is 12.0. The Hall–Kier alpha value is -0.710. The van der Waals surface area contributed by atoms with Crippen molar-refractivity contribution in [3.8, 4) is 0 Å². The Morgan fingerprint density at radius 1 is 1.44 bits per heavy atom. The molecule has 2 N–H and O–H groups in total. The number of rotatable bonds is 6. The second-order valence-electron chi connectivity index (χ2n) is 4.21. The van der Waals surface area contributed by atoms with Crippen LogP contribution in [0.15, 0.2) is 0 Å². The predicted octanol–water partition coefficient (Wildman–Crippen LogP) is 1.50. The molecule has 1 rings (SSSR count). The van der Waals surface area contributed by atoms with Crippen LogP contribution in [0, 0.1) is 5.92 Å². The van der Waals surface area contributed by atoms with Crippen molar-refractivity contribution in [1.29, 1.82) is 0 Å². The van der Waals surface area contributed by atoms with Crippen LogP contribution in [0.3, 0.4) is 0 Å². The summed E-state index contributed by atoms with van der Waals surface area (Å²) in [6, 6.07) is 0.0721. The summed E-state index contributed by atoms with van der Waals surface area (Å²) in [4.78, 5) is 22.2. The molecule has 1 aliphatic carbocycles. The number of nitrogens with one attached hydrogen (secondary N) is 1. The molecule has 2 atom stereocenters. The normalized spacial score (nSPS) is 24.3. The first-order chi connectivity index (χ1) is 7.63. The molecule has 0 spiro atoms. The summed E-state index contributed by atoms with van der Waals surface area (Å²) < 4.78 is 0. The molecule has 16 heavy (non-hydrogen) atoms. The first-order valence-corrected chi connectivity index (χ1v) is 7.04. The maximum Gasteiger partial charge on any atom is 0.306 e. The molecule has 0 aromatic heterocycles. The van der Waals surface area contributed by atoms with E-state index >= 15 is 0 Å². The second-order valence-corrected chi connectivity index (χ2v) is 5.19. The minimum atomic E-state index is -0.737. The van der Waals surface area contributed by atoms with Crippen LogP contribution in [0.5, 0.6) is 0 Å². The molecule has 0 saturated heterocycles. The van der Waals surface area contributed by atoms with Gasteiger partial charge in [0.25, 0.3) is 0 Å². The molecule has 0 radical (unpaired) electrons. The van der Waals surface area contributed by atoms with E-state index in [0.717, 1.165) is 18.6 Å². The van der Waals surface area contributed by atoms with Gasteiger partial charge in [-0.2, -0.15) is 11.8 Å². The van der Waals surface area contributed by atoms with Crippen LogP contribution in [0.4, 0.5) is 0 Å². The maximum atomic E-state index is 11.5. The fourth-order valence-electron chi connectivity index (χ4n) is 2.01. The number of hydrogen-bond donors (Lipinski definition) is 2. The molecule has 1 fully saturated rings. The first kappa shape index (κ1) is 13.4. The van der Waals surface area contributed by atoms with Crippen molar-refractivity contribution >= 4 is 23.6 Å². The zero-order valence-corrected chi connectivity index (χ0v) is 10.4. The molecule has 1 amide bonds.